The van der Waals surface area contributed by atoms with E-state index in [0.29, 0.717) is 0 Å². The van der Waals surface area contributed by atoms with Crippen LogP contribution in [0.25, 0.3) is 11.1 Å². The average Bonchev–Trinajstić information content (AvgIpc) is 2.39. The van der Waals surface area contributed by atoms with Crippen LogP contribution in [-0.2, 0) is 0 Å². The van der Waals surface area contributed by atoms with Gasteiger partial charge in [-0.3, -0.25) is 10.1 Å². The molecule has 0 saturated heterocycles. The highest BCUT2D eigenvalue weighted by Crippen LogP contribution is 2.32. The van der Waals surface area contributed by atoms with Gasteiger partial charge in [-0.05, 0) is 23.8 Å². The minimum atomic E-state index is -0.427. The van der Waals surface area contributed by atoms with Crippen LogP contribution in [0.1, 0.15) is 0 Å². The van der Waals surface area contributed by atoms with Gasteiger partial charge in [-0.1, -0.05) is 12.1 Å². The summed E-state index contributed by atoms with van der Waals surface area (Å²) in [6.07, 6.45) is 0. The summed E-state index contributed by atoms with van der Waals surface area (Å²) < 4.78 is 0. The maximum absolute atomic E-state index is 10.8. The lowest BCUT2D eigenvalue weighted by Crippen LogP contribution is -1.94. The van der Waals surface area contributed by atoms with E-state index in [0.717, 1.165) is 16.8 Å². The highest BCUT2D eigenvalue weighted by Gasteiger charge is 2.11. The van der Waals surface area contributed by atoms with Crippen molar-refractivity contribution in [2.24, 2.45) is 0 Å². The number of nitrogens with one attached hydrogen (secondary N) is 1. The molecule has 0 fully saturated rings. The number of nitrogens with zero attached hydrogens (tertiary/aromatic N) is 1. The second-order valence-corrected chi connectivity index (χ2v) is 3.78. The van der Waals surface area contributed by atoms with Crippen molar-refractivity contribution >= 4 is 11.4 Å². The van der Waals surface area contributed by atoms with Gasteiger partial charge in [0.05, 0.1) is 4.92 Å². The molecule has 0 aliphatic carbocycles. The first-order valence-corrected chi connectivity index (χ1v) is 5.37. The zero-order valence-corrected chi connectivity index (χ0v) is 9.75. The Hall–Kier alpha value is -2.56. The van der Waals surface area contributed by atoms with Crippen molar-refractivity contribution in [3.8, 4) is 16.9 Å². The zero-order valence-electron chi connectivity index (χ0n) is 9.75. The molecule has 0 atom stereocenters. The number of nitro groups is 1. The number of hydrogen-bond acceptors (Lipinski definition) is 4. The summed E-state index contributed by atoms with van der Waals surface area (Å²) in [6.45, 7) is 0. The Bertz CT molecular complexity index is 579. The van der Waals surface area contributed by atoms with Gasteiger partial charge in [0.1, 0.15) is 5.75 Å². The zero-order chi connectivity index (χ0) is 13.1. The summed E-state index contributed by atoms with van der Waals surface area (Å²) in [7, 11) is 1.76. The molecule has 0 bridgehead atoms. The number of phenols is 1. The van der Waals surface area contributed by atoms with Crippen LogP contribution in [0.5, 0.6) is 5.75 Å². The van der Waals surface area contributed by atoms with E-state index in [1.807, 2.05) is 0 Å². The predicted molar refractivity (Wildman–Crippen MR) is 69.7 cm³/mol. The van der Waals surface area contributed by atoms with Crippen LogP contribution >= 0.6 is 0 Å². The molecular formula is C13H12N2O3. The summed E-state index contributed by atoms with van der Waals surface area (Å²) >= 11 is 0. The Morgan fingerprint density at radius 1 is 1.17 bits per heavy atom. The molecule has 0 aliphatic heterocycles. The van der Waals surface area contributed by atoms with Gasteiger partial charge in [-0.2, -0.15) is 0 Å². The lowest BCUT2D eigenvalue weighted by Gasteiger charge is -2.09. The fourth-order valence-corrected chi connectivity index (χ4v) is 1.74. The number of non-ortho nitro benzene ring substituents is 1. The SMILES string of the molecule is CNc1ccc([N+](=O)[O-])cc1-c1ccc(O)cc1. The number of nitro benzene ring substituents is 1. The lowest BCUT2D eigenvalue weighted by molar-refractivity contribution is -0.384. The Balaban J connectivity index is 2.56. The third kappa shape index (κ3) is 2.24. The van der Waals surface area contributed by atoms with Gasteiger partial charge in [0.15, 0.2) is 0 Å². The highest BCUT2D eigenvalue weighted by molar-refractivity contribution is 5.80. The van der Waals surface area contributed by atoms with E-state index in [1.165, 1.54) is 12.1 Å². The third-order valence-electron chi connectivity index (χ3n) is 2.66. The van der Waals surface area contributed by atoms with Crippen LogP contribution in [0.4, 0.5) is 11.4 Å². The molecule has 0 heterocycles. The molecule has 2 aromatic carbocycles. The molecule has 92 valence electrons. The van der Waals surface area contributed by atoms with Crippen LogP contribution in [-0.4, -0.2) is 17.1 Å². The highest BCUT2D eigenvalue weighted by atomic mass is 16.6. The van der Waals surface area contributed by atoms with Crippen LogP contribution in [0.15, 0.2) is 42.5 Å². The quantitative estimate of drug-likeness (QED) is 0.642. The number of anilines is 1. The lowest BCUT2D eigenvalue weighted by atomic mass is 10.0. The molecule has 18 heavy (non-hydrogen) atoms. The minimum Gasteiger partial charge on any atom is -0.508 e. The van der Waals surface area contributed by atoms with Crippen molar-refractivity contribution in [1.29, 1.82) is 0 Å². The monoisotopic (exact) mass is 244 g/mol. The fourth-order valence-electron chi connectivity index (χ4n) is 1.74. The maximum Gasteiger partial charge on any atom is 0.270 e. The Kier molecular flexibility index (Phi) is 3.14. The van der Waals surface area contributed by atoms with Crippen LogP contribution in [0.2, 0.25) is 0 Å². The number of aromatic hydroxyl groups is 1. The Morgan fingerprint density at radius 3 is 2.39 bits per heavy atom. The van der Waals surface area contributed by atoms with Gasteiger partial charge in [0.25, 0.3) is 5.69 Å². The molecular weight excluding hydrogens is 232 g/mol. The van der Waals surface area contributed by atoms with E-state index in [4.69, 9.17) is 0 Å². The van der Waals surface area contributed by atoms with Crippen molar-refractivity contribution in [3.63, 3.8) is 0 Å². The van der Waals surface area contributed by atoms with E-state index in [2.05, 4.69) is 5.32 Å². The van der Waals surface area contributed by atoms with Gasteiger partial charge < -0.3 is 10.4 Å². The van der Waals surface area contributed by atoms with E-state index < -0.39 is 4.92 Å². The van der Waals surface area contributed by atoms with E-state index in [1.54, 1.807) is 37.4 Å². The van der Waals surface area contributed by atoms with Crippen LogP contribution in [0, 0.1) is 10.1 Å². The molecule has 0 spiro atoms. The van der Waals surface area contributed by atoms with Crippen molar-refractivity contribution in [2.45, 2.75) is 0 Å². The summed E-state index contributed by atoms with van der Waals surface area (Å²) in [4.78, 5) is 10.4. The first-order chi connectivity index (χ1) is 8.61. The predicted octanol–water partition coefficient (Wildman–Crippen LogP) is 3.01. The second kappa shape index (κ2) is 4.75. The fraction of sp³-hybridized carbons (Fsp3) is 0.0769. The van der Waals surface area contributed by atoms with Gasteiger partial charge in [-0.25, -0.2) is 0 Å². The van der Waals surface area contributed by atoms with Gasteiger partial charge >= 0.3 is 0 Å². The molecule has 2 rings (SSSR count). The molecule has 5 heteroatoms. The van der Waals surface area contributed by atoms with Crippen molar-refractivity contribution in [3.05, 3.63) is 52.6 Å². The largest absolute Gasteiger partial charge is 0.508 e. The number of phenolic OH excluding ortho intramolecular Hbond substituents is 1. The molecule has 5 nitrogen and oxygen atoms in total. The van der Waals surface area contributed by atoms with Crippen molar-refractivity contribution in [2.75, 3.05) is 12.4 Å². The first-order valence-electron chi connectivity index (χ1n) is 5.37. The first kappa shape index (κ1) is 11.9. The maximum atomic E-state index is 10.8. The van der Waals surface area contributed by atoms with E-state index in [-0.39, 0.29) is 11.4 Å². The minimum absolute atomic E-state index is 0.0390. The standard InChI is InChI=1S/C13H12N2O3/c1-14-13-7-4-10(15(17)18)8-12(13)9-2-5-11(16)6-3-9/h2-8,14,16H,1H3. The van der Waals surface area contributed by atoms with E-state index in [9.17, 15) is 15.2 Å². The average molecular weight is 244 g/mol. The van der Waals surface area contributed by atoms with Crippen LogP contribution < -0.4 is 5.32 Å². The number of rotatable bonds is 3. The topological polar surface area (TPSA) is 75.4 Å². The molecule has 2 N–H and O–H groups in total. The van der Waals surface area contributed by atoms with Gasteiger partial charge in [0.2, 0.25) is 0 Å². The van der Waals surface area contributed by atoms with Crippen LogP contribution in [0.3, 0.4) is 0 Å². The summed E-state index contributed by atoms with van der Waals surface area (Å²) in [5, 5.41) is 23.0. The number of hydrogen-bond donors (Lipinski definition) is 2. The van der Waals surface area contributed by atoms with Crippen molar-refractivity contribution < 1.29 is 10.0 Å². The normalized spacial score (nSPS) is 10.1. The molecule has 0 unspecified atom stereocenters. The molecule has 0 saturated carbocycles. The Labute approximate surface area is 104 Å². The van der Waals surface area contributed by atoms with Gasteiger partial charge in [0, 0.05) is 30.4 Å². The summed E-state index contributed by atoms with van der Waals surface area (Å²) in [5.74, 6) is 0.162. The van der Waals surface area contributed by atoms with E-state index >= 15 is 0 Å². The molecule has 2 aromatic rings. The summed E-state index contributed by atoms with van der Waals surface area (Å²) in [6, 6.07) is 11.2. The van der Waals surface area contributed by atoms with Crippen molar-refractivity contribution in [1.82, 2.24) is 0 Å². The number of benzene rings is 2. The molecule has 0 aliphatic rings. The molecule has 0 amide bonds. The second-order valence-electron chi connectivity index (χ2n) is 3.78. The summed E-state index contributed by atoms with van der Waals surface area (Å²) in [5.41, 5.74) is 2.37. The Morgan fingerprint density at radius 2 is 1.83 bits per heavy atom. The molecule has 0 aromatic heterocycles. The third-order valence-corrected chi connectivity index (χ3v) is 2.66. The molecule has 0 radical (unpaired) electrons. The van der Waals surface area contributed by atoms with Gasteiger partial charge in [-0.15, -0.1) is 0 Å². The smallest absolute Gasteiger partial charge is 0.270 e.